The first-order chi connectivity index (χ1) is 41.8. The number of rotatable bonds is 41. The third kappa shape index (κ3) is 36.6. The normalized spacial score (nSPS) is 16.6. The Kier molecular flexibility index (Phi) is 49.9. The van der Waals surface area contributed by atoms with Gasteiger partial charge in [-0.2, -0.15) is 0 Å². The second-order valence-electron chi connectivity index (χ2n) is 21.1. The monoisotopic (exact) mass is 1320 g/mol. The van der Waals surface area contributed by atoms with Crippen LogP contribution in [-0.2, 0) is 47.8 Å². The number of aliphatic carboxylic acids is 2. The zero-order valence-corrected chi connectivity index (χ0v) is 58.7. The summed E-state index contributed by atoms with van der Waals surface area (Å²) in [7, 11) is 1.23. The zero-order chi connectivity index (χ0) is 64.8. The number of methoxy groups -OCH3 is 1. The van der Waals surface area contributed by atoms with Crippen molar-refractivity contribution >= 4 is 116 Å². The molecule has 4 rings (SSSR count). The Hall–Kier alpha value is -4.20. The van der Waals surface area contributed by atoms with Gasteiger partial charge in [0.05, 0.1) is 45.9 Å². The number of carboxylic acid groups (broad SMARTS) is 2. The molecule has 4 heterocycles. The zero-order valence-electron chi connectivity index (χ0n) is 53.5. The van der Waals surface area contributed by atoms with Crippen molar-refractivity contribution < 1.29 is 107 Å². The fourth-order valence-electron chi connectivity index (χ4n) is 8.83. The smallest absolute Gasteiger partial charge is 0.548 e. The fraction of sp³-hybridized carbons (Fsp3) is 0.683. The molecular weight excluding hydrogens is 1220 g/mol. The van der Waals surface area contributed by atoms with Crippen molar-refractivity contribution in [2.24, 2.45) is 0 Å². The quantitative estimate of drug-likeness (QED) is 0.0258. The van der Waals surface area contributed by atoms with Gasteiger partial charge in [-0.05, 0) is 105 Å². The van der Waals surface area contributed by atoms with Crippen LogP contribution in [-0.4, -0.2) is 133 Å². The Morgan fingerprint density at radius 2 is 0.625 bits per heavy atom. The van der Waals surface area contributed by atoms with Crippen molar-refractivity contribution in [3.63, 3.8) is 0 Å². The SMILES string of the molecule is CCCCCCCCC/C=C1\SC(=O)N(CC(=O)O)C1=O.CCCCCCCCC/C=C1\SC(=O)N(CC(=O)OC)C1=O.CCCCCCCCC/C=C1\SC(=O)N(CC(=O)OCC)C1=O.CCCCCCCCC/C=C1\SC(=O)N(CC(=O)[O-])C1=O.[Na+]. The van der Waals surface area contributed by atoms with Crippen molar-refractivity contribution in [3.05, 3.63) is 43.9 Å². The van der Waals surface area contributed by atoms with Crippen molar-refractivity contribution in [1.82, 2.24) is 19.6 Å². The van der Waals surface area contributed by atoms with E-state index in [2.05, 4.69) is 32.4 Å². The van der Waals surface area contributed by atoms with Crippen LogP contribution in [0.4, 0.5) is 19.2 Å². The molecule has 0 aliphatic carbocycles. The standard InChI is InChI=1S/C17H27NO4S.C16H25NO4S.2C15H23NO4S.Na/c1-3-5-6-7-8-9-10-11-12-14-16(20)18(17(21)23-14)13-15(19)22-4-2;1-3-4-5-6-7-8-9-10-11-13-15(19)17(16(20)22-13)12-14(18)21-2;2*1-2-3-4-5-6-7-8-9-10-12-14(19)16(11-13(17)18)15(20)21-12;/h12H,3-11,13H2,1-2H3;11H,3-10,12H2,1-2H3;2*10H,2-9,11H2,1H3,(H,17,18);/q;;;;+1/p-1/b14-12-;13-11-;2*12-10-;. The predicted molar refractivity (Wildman–Crippen MR) is 343 cm³/mol. The molecule has 0 spiro atoms. The molecule has 20 nitrogen and oxygen atoms in total. The van der Waals surface area contributed by atoms with Gasteiger partial charge in [-0.1, -0.05) is 206 Å². The number of hydrogen-bond acceptors (Lipinski definition) is 19. The molecule has 4 saturated heterocycles. The molecule has 0 radical (unpaired) electrons. The molecule has 4 fully saturated rings. The van der Waals surface area contributed by atoms with Gasteiger partial charge in [0.25, 0.3) is 44.6 Å². The van der Waals surface area contributed by atoms with Crippen LogP contribution in [0.5, 0.6) is 0 Å². The molecular formula is C63H97N4NaO16S4. The van der Waals surface area contributed by atoms with E-state index in [9.17, 15) is 62.6 Å². The first kappa shape index (κ1) is 83.8. The summed E-state index contributed by atoms with van der Waals surface area (Å²) in [4.78, 5) is 143. The van der Waals surface area contributed by atoms with Crippen molar-refractivity contribution in [1.29, 1.82) is 0 Å². The Labute approximate surface area is 561 Å². The number of unbranched alkanes of at least 4 members (excludes halogenated alkanes) is 28. The number of thioether (sulfide) groups is 4. The minimum Gasteiger partial charge on any atom is -0.548 e. The molecule has 88 heavy (non-hydrogen) atoms. The number of esters is 2. The van der Waals surface area contributed by atoms with E-state index >= 15 is 0 Å². The molecule has 0 aromatic rings. The van der Waals surface area contributed by atoms with E-state index < -0.39 is 69.7 Å². The largest absolute Gasteiger partial charge is 1.00 e. The Morgan fingerprint density at radius 1 is 0.386 bits per heavy atom. The maximum absolute atomic E-state index is 12.1. The van der Waals surface area contributed by atoms with E-state index in [0.29, 0.717) is 19.6 Å². The molecule has 0 aromatic carbocycles. The predicted octanol–water partition coefficient (Wildman–Crippen LogP) is 11.4. The number of carbonyl (C=O) groups excluding carboxylic acids is 11. The molecule has 0 atom stereocenters. The Morgan fingerprint density at radius 3 is 0.864 bits per heavy atom. The molecule has 8 amide bonds. The molecule has 0 bridgehead atoms. The van der Waals surface area contributed by atoms with E-state index in [1.54, 1.807) is 19.1 Å². The van der Waals surface area contributed by atoms with E-state index in [4.69, 9.17) is 9.84 Å². The number of nitrogens with zero attached hydrogens (tertiary/aromatic N) is 4. The maximum atomic E-state index is 12.1. The summed E-state index contributed by atoms with van der Waals surface area (Å²) in [6, 6.07) is 0. The third-order valence-electron chi connectivity index (χ3n) is 13.7. The van der Waals surface area contributed by atoms with E-state index in [1.807, 2.05) is 12.2 Å². The molecule has 1 N–H and O–H groups in total. The Balaban J connectivity index is 0.00000114. The summed E-state index contributed by atoms with van der Waals surface area (Å²) >= 11 is 3.45. The first-order valence-electron chi connectivity index (χ1n) is 31.4. The Bertz CT molecular complexity index is 2290. The van der Waals surface area contributed by atoms with Gasteiger partial charge in [0.15, 0.2) is 0 Å². The van der Waals surface area contributed by atoms with Crippen molar-refractivity contribution in [2.75, 3.05) is 39.9 Å². The molecule has 0 unspecified atom stereocenters. The number of carbonyl (C=O) groups is 12. The molecule has 490 valence electrons. The van der Waals surface area contributed by atoms with Gasteiger partial charge in [-0.25, -0.2) is 0 Å². The van der Waals surface area contributed by atoms with Gasteiger partial charge < -0.3 is 24.5 Å². The van der Waals surface area contributed by atoms with Crippen LogP contribution in [0.15, 0.2) is 43.9 Å². The summed E-state index contributed by atoms with van der Waals surface area (Å²) < 4.78 is 9.26. The minimum absolute atomic E-state index is 0. The second kappa shape index (κ2) is 52.4. The molecule has 4 aliphatic rings. The van der Waals surface area contributed by atoms with E-state index in [0.717, 1.165) is 144 Å². The van der Waals surface area contributed by atoms with Gasteiger partial charge in [0, 0.05) is 0 Å². The van der Waals surface area contributed by atoms with Crippen LogP contribution >= 0.6 is 47.0 Å². The summed E-state index contributed by atoms with van der Waals surface area (Å²) in [5, 5.41) is 17.3. The van der Waals surface area contributed by atoms with Crippen LogP contribution in [0.3, 0.4) is 0 Å². The average Bonchev–Trinajstić information content (AvgIpc) is 4.01. The number of allylic oxidation sites excluding steroid dienone is 4. The summed E-state index contributed by atoms with van der Waals surface area (Å²) in [5.74, 6) is -5.50. The van der Waals surface area contributed by atoms with E-state index in [-0.39, 0.29) is 61.1 Å². The summed E-state index contributed by atoms with van der Waals surface area (Å²) in [6.45, 7) is 8.88. The molecule has 25 heteroatoms. The van der Waals surface area contributed by atoms with Crippen LogP contribution in [0.2, 0.25) is 0 Å². The number of hydrogen-bond donors (Lipinski definition) is 1. The number of amides is 8. The molecule has 0 saturated carbocycles. The van der Waals surface area contributed by atoms with Gasteiger partial charge in [0.1, 0.15) is 19.6 Å². The number of imide groups is 4. The van der Waals surface area contributed by atoms with Crippen LogP contribution in [0.25, 0.3) is 0 Å². The van der Waals surface area contributed by atoms with Gasteiger partial charge in [0.2, 0.25) is 0 Å². The fourth-order valence-corrected chi connectivity index (χ4v) is 12.2. The van der Waals surface area contributed by atoms with Gasteiger partial charge >= 0.3 is 47.5 Å². The minimum atomic E-state index is -1.43. The van der Waals surface area contributed by atoms with Crippen molar-refractivity contribution in [2.45, 2.75) is 240 Å². The van der Waals surface area contributed by atoms with Gasteiger partial charge in [-0.3, -0.25) is 72.3 Å². The molecule has 4 aliphatic heterocycles. The maximum Gasteiger partial charge on any atom is 1.00 e. The van der Waals surface area contributed by atoms with E-state index in [1.165, 1.54) is 136 Å². The van der Waals surface area contributed by atoms with Crippen LogP contribution in [0.1, 0.15) is 240 Å². The second-order valence-corrected chi connectivity index (χ2v) is 25.1. The van der Waals surface area contributed by atoms with Gasteiger partial charge in [-0.15, -0.1) is 0 Å². The summed E-state index contributed by atoms with van der Waals surface area (Å²) in [6.07, 6.45) is 44.0. The van der Waals surface area contributed by atoms with Crippen LogP contribution in [0, 0.1) is 0 Å². The third-order valence-corrected chi connectivity index (χ3v) is 17.6. The van der Waals surface area contributed by atoms with Crippen molar-refractivity contribution in [3.8, 4) is 0 Å². The topological polar surface area (TPSA) is 280 Å². The first-order valence-corrected chi connectivity index (χ1v) is 34.7. The number of carboxylic acids is 2. The van der Waals surface area contributed by atoms with Crippen LogP contribution < -0.4 is 34.7 Å². The number of ether oxygens (including phenoxy) is 2. The summed E-state index contributed by atoms with van der Waals surface area (Å²) in [5.41, 5.74) is 0. The molecule has 0 aromatic heterocycles. The average molecular weight is 1320 g/mol.